The van der Waals surface area contributed by atoms with Crippen LogP contribution in [0.25, 0.3) is 291 Å². The van der Waals surface area contributed by atoms with Crippen molar-refractivity contribution in [3.05, 3.63) is 491 Å². The summed E-state index contributed by atoms with van der Waals surface area (Å²) in [4.78, 5) is 31.5. The van der Waals surface area contributed by atoms with Gasteiger partial charge in [0.1, 0.15) is 17.0 Å². The van der Waals surface area contributed by atoms with Crippen LogP contribution in [0.3, 0.4) is 0 Å². The molecule has 32 rings (SSSR count). The molecule has 0 bridgehead atoms. The van der Waals surface area contributed by atoms with E-state index < -0.39 is 0 Å². The molecule has 10 heterocycles. The highest BCUT2D eigenvalue weighted by molar-refractivity contribution is 7.26. The predicted molar refractivity (Wildman–Crippen MR) is 613 cm³/mol. The van der Waals surface area contributed by atoms with E-state index in [2.05, 4.69) is 472 Å². The first-order chi connectivity index (χ1) is 72.9. The molecule has 10 aromatic heterocycles. The minimum absolute atomic E-state index is 0.642. The van der Waals surface area contributed by atoms with Gasteiger partial charge < -0.3 is 13.6 Å². The van der Waals surface area contributed by atoms with Gasteiger partial charge in [0.25, 0.3) is 0 Å². The van der Waals surface area contributed by atoms with Crippen molar-refractivity contribution in [1.29, 1.82) is 0 Å². The van der Waals surface area contributed by atoms with Crippen LogP contribution in [-0.2, 0) is 0 Å². The summed E-state index contributed by atoms with van der Waals surface area (Å²) in [5.41, 5.74) is 27.7. The Balaban J connectivity index is 0.000000103. The summed E-state index contributed by atoms with van der Waals surface area (Å²) in [5.74, 6) is 2.92. The first-order valence-electron chi connectivity index (χ1n) is 49.7. The molecule has 12 nitrogen and oxygen atoms in total. The average Bonchev–Trinajstić information content (AvgIpc) is 1.59. The van der Waals surface area contributed by atoms with Crippen molar-refractivity contribution in [3.63, 3.8) is 0 Å². The summed E-state index contributed by atoms with van der Waals surface area (Å²) in [6.07, 6.45) is 0. The first-order valence-corrected chi connectivity index (χ1v) is 50.5. The van der Waals surface area contributed by atoms with Crippen molar-refractivity contribution in [2.24, 2.45) is 0 Å². The number of fused-ring (bicyclic) bond motifs is 28. The molecular formula is C134H81N11OS. The normalized spacial score (nSPS) is 11.9. The molecule has 0 fully saturated rings. The lowest BCUT2D eigenvalue weighted by Crippen LogP contribution is -2.03. The maximum Gasteiger partial charge on any atom is 0.235 e. The third-order valence-electron chi connectivity index (χ3n) is 29.7. The van der Waals surface area contributed by atoms with E-state index in [-0.39, 0.29) is 0 Å². The zero-order chi connectivity index (χ0) is 96.4. The lowest BCUT2D eigenvalue weighted by atomic mass is 9.99. The molecule has 0 amide bonds. The summed E-state index contributed by atoms with van der Waals surface area (Å²) in [6, 6.07) is 174. The number of furan rings is 1. The second-order valence-electron chi connectivity index (χ2n) is 37.8. The van der Waals surface area contributed by atoms with Crippen molar-refractivity contribution >= 4 is 217 Å². The van der Waals surface area contributed by atoms with Crippen LogP contribution in [0.4, 0.5) is 0 Å². The monoisotopic (exact) mass is 1890 g/mol. The molecule has 13 heteroatoms. The molecule has 0 saturated heterocycles. The lowest BCUT2D eigenvalue weighted by molar-refractivity contribution is 0.670. The summed E-state index contributed by atoms with van der Waals surface area (Å²) >= 11 is 1.81. The van der Waals surface area contributed by atoms with Gasteiger partial charge in [-0.15, -0.1) is 11.3 Å². The van der Waals surface area contributed by atoms with E-state index in [4.69, 9.17) is 34.3 Å². The Morgan fingerprint density at radius 2 is 0.571 bits per heavy atom. The zero-order valence-corrected chi connectivity index (χ0v) is 79.8. The van der Waals surface area contributed by atoms with Crippen molar-refractivity contribution in [1.82, 2.24) is 52.7 Å². The maximum absolute atomic E-state index is 6.44. The first kappa shape index (κ1) is 83.2. The molecule has 0 saturated carbocycles. The van der Waals surface area contributed by atoms with Gasteiger partial charge in [-0.1, -0.05) is 334 Å². The van der Waals surface area contributed by atoms with Gasteiger partial charge in [0.15, 0.2) is 5.82 Å². The van der Waals surface area contributed by atoms with Crippen LogP contribution in [-0.4, -0.2) is 52.7 Å². The Kier molecular flexibility index (Phi) is 19.0. The number of benzene rings is 22. The number of hydrogen-bond acceptors (Lipinski definition) is 8. The molecule has 0 atom stereocenters. The fraction of sp³-hybridized carbons (Fsp3) is 0. The van der Waals surface area contributed by atoms with Gasteiger partial charge >= 0.3 is 0 Å². The molecule has 0 radical (unpaired) electrons. The largest absolute Gasteiger partial charge is 0.455 e. The van der Waals surface area contributed by atoms with Gasteiger partial charge in [0.2, 0.25) is 11.9 Å². The van der Waals surface area contributed by atoms with E-state index in [1.54, 1.807) is 0 Å². The highest BCUT2D eigenvalue weighted by Gasteiger charge is 2.28. The highest BCUT2D eigenvalue weighted by Crippen LogP contribution is 2.48. The average molecular weight is 1890 g/mol. The summed E-state index contributed by atoms with van der Waals surface area (Å²) in [6.45, 7) is 0. The van der Waals surface area contributed by atoms with Crippen LogP contribution in [0.15, 0.2) is 496 Å². The van der Waals surface area contributed by atoms with Crippen LogP contribution in [0.2, 0.25) is 0 Å². The van der Waals surface area contributed by atoms with Gasteiger partial charge in [0, 0.05) is 129 Å². The number of aromatic nitrogens is 11. The molecule has 0 aliphatic heterocycles. The number of thiophene rings is 1. The number of para-hydroxylation sites is 11. The molecular weight excluding hydrogens is 1810 g/mol. The number of hydrogen-bond donors (Lipinski definition) is 0. The smallest absolute Gasteiger partial charge is 0.235 e. The van der Waals surface area contributed by atoms with Crippen LogP contribution >= 0.6 is 11.3 Å². The maximum atomic E-state index is 6.44. The van der Waals surface area contributed by atoms with Crippen LogP contribution in [0.1, 0.15) is 0 Å². The zero-order valence-electron chi connectivity index (χ0n) is 79.0. The molecule has 0 spiro atoms. The van der Waals surface area contributed by atoms with E-state index in [9.17, 15) is 0 Å². The minimum atomic E-state index is 0.642. The predicted octanol–water partition coefficient (Wildman–Crippen LogP) is 35.3. The van der Waals surface area contributed by atoms with Crippen molar-refractivity contribution in [2.45, 2.75) is 0 Å². The van der Waals surface area contributed by atoms with E-state index in [1.807, 2.05) is 53.8 Å². The third kappa shape index (κ3) is 13.3. The molecule has 0 N–H and O–H groups in total. The molecule has 684 valence electrons. The quantitative estimate of drug-likeness (QED) is 0.134. The van der Waals surface area contributed by atoms with Crippen molar-refractivity contribution < 1.29 is 4.42 Å². The molecule has 0 aliphatic rings. The SMILES string of the molecule is c1ccc(-c2nc(-n3c4ccccc4c4cc(-c5ccc6c(c5)c5c7ccccc7ccc5n6-c5ccccc5)ccc43)nc3ccccc23)cc1.c1ccc(-n2c3ccccc3c3cc(-c4ccc5c(c4)c4ccccc4n5-c4nc(-c5cccc6c5sc5ccccc56)nc5ccccc45)ccc32)cc1.c1ccc2c(c1)ccc1c2c2ccccc2n1-c1nc(-c2cccc3c2oc2ccccc23)c2ccccc2n1. The van der Waals surface area contributed by atoms with E-state index >= 15 is 0 Å². The second-order valence-corrected chi connectivity index (χ2v) is 38.9. The van der Waals surface area contributed by atoms with Crippen molar-refractivity contribution in [2.75, 3.05) is 0 Å². The lowest BCUT2D eigenvalue weighted by Gasteiger charge is -2.13. The van der Waals surface area contributed by atoms with E-state index in [0.717, 1.165) is 139 Å². The molecule has 22 aromatic carbocycles. The van der Waals surface area contributed by atoms with Gasteiger partial charge in [-0.25, -0.2) is 29.9 Å². The Morgan fingerprint density at radius 3 is 1.16 bits per heavy atom. The molecule has 0 unspecified atom stereocenters. The Hall–Kier alpha value is -19.6. The third-order valence-corrected chi connectivity index (χ3v) is 30.9. The van der Waals surface area contributed by atoms with E-state index in [1.165, 1.54) is 140 Å². The van der Waals surface area contributed by atoms with Crippen LogP contribution < -0.4 is 0 Å². The van der Waals surface area contributed by atoms with E-state index in [0.29, 0.717) is 11.9 Å². The summed E-state index contributed by atoms with van der Waals surface area (Å²) in [7, 11) is 0. The highest BCUT2D eigenvalue weighted by atomic mass is 32.1. The van der Waals surface area contributed by atoms with Crippen LogP contribution in [0, 0.1) is 0 Å². The summed E-state index contributed by atoms with van der Waals surface area (Å²) < 4.78 is 20.4. The summed E-state index contributed by atoms with van der Waals surface area (Å²) in [5, 5.41) is 24.8. The van der Waals surface area contributed by atoms with Crippen LogP contribution in [0.5, 0.6) is 0 Å². The van der Waals surface area contributed by atoms with Gasteiger partial charge in [-0.3, -0.25) is 13.7 Å². The van der Waals surface area contributed by atoms with Gasteiger partial charge in [0.05, 0.1) is 83.1 Å². The number of rotatable bonds is 10. The molecule has 0 aliphatic carbocycles. The fourth-order valence-corrected chi connectivity index (χ4v) is 24.3. The molecule has 147 heavy (non-hydrogen) atoms. The minimum Gasteiger partial charge on any atom is -0.455 e. The Morgan fingerprint density at radius 1 is 0.197 bits per heavy atom. The molecule has 32 aromatic rings. The van der Waals surface area contributed by atoms with Crippen molar-refractivity contribution in [3.8, 4) is 85.2 Å². The van der Waals surface area contributed by atoms with Gasteiger partial charge in [-0.05, 0) is 202 Å². The Bertz CT molecular complexity index is 11100. The topological polar surface area (TPSA) is 115 Å². The van der Waals surface area contributed by atoms with Gasteiger partial charge in [-0.2, -0.15) is 0 Å². The standard InChI is InChI=1S/C50H30N4S.C48H30N4.C36H21N3O/c1-2-13-33(14-3-1)53-43-22-9-5-15-34(43)40-29-31(25-27-45(40)53)32-26-28-46-41(30-32)35-16-6-10-23-44(35)54(46)50-38-18-4-8-21-42(38)51-49(52-50)39-20-12-19-37-36-17-7-11-24-47(36)55-48(37)39;1-3-14-32(15-4-1)47-38-20-9-11-21-41(38)49-48(50-47)52-42-22-12-10-19-37(42)39-29-33(24-26-43(39)52)34-25-27-44-40(30-34)46-36-18-8-7-13-31(36)23-28-45(46)51(44)35-16-5-2-6-17-35;1-2-11-23-22(10-1)20-21-31-33(23)27-14-4-7-18-30(27)39(31)36-37-29-17-6-3-13-26(29)34(38-36)28-16-9-15-25-24-12-5-8-19-32(24)40-35(25)28/h1-30H;1-30H;1-21H. The second kappa shape index (κ2) is 33.6. The fourth-order valence-electron chi connectivity index (χ4n) is 23.1. The number of nitrogens with zero attached hydrogens (tertiary/aromatic N) is 11. The Labute approximate surface area is 844 Å².